The molecular formula is C13H12N2O4. The first-order valence-corrected chi connectivity index (χ1v) is 5.72. The fourth-order valence-corrected chi connectivity index (χ4v) is 1.74. The molecule has 0 radical (unpaired) electrons. The number of rotatable bonds is 4. The van der Waals surface area contributed by atoms with Gasteiger partial charge >= 0.3 is 5.97 Å². The van der Waals surface area contributed by atoms with Crippen molar-refractivity contribution < 1.29 is 14.5 Å². The van der Waals surface area contributed by atoms with E-state index in [9.17, 15) is 14.9 Å². The number of nitrogens with zero attached hydrogens (tertiary/aromatic N) is 1. The SMILES string of the molecule is CCOC(=O)c1c[nH]cc1-c1ccc([N+](=O)[O-])cc1. The maximum Gasteiger partial charge on any atom is 0.340 e. The number of non-ortho nitro benzene ring substituents is 1. The molecule has 0 saturated heterocycles. The molecule has 1 aromatic heterocycles. The van der Waals surface area contributed by atoms with E-state index in [1.807, 2.05) is 0 Å². The van der Waals surface area contributed by atoms with Crippen molar-refractivity contribution in [3.63, 3.8) is 0 Å². The molecule has 0 saturated carbocycles. The van der Waals surface area contributed by atoms with Gasteiger partial charge in [0.05, 0.1) is 17.1 Å². The van der Waals surface area contributed by atoms with Gasteiger partial charge < -0.3 is 9.72 Å². The molecule has 6 heteroatoms. The molecule has 0 fully saturated rings. The third-order valence-electron chi connectivity index (χ3n) is 2.63. The Balaban J connectivity index is 2.34. The Morgan fingerprint density at radius 2 is 2.00 bits per heavy atom. The number of hydrogen-bond acceptors (Lipinski definition) is 4. The van der Waals surface area contributed by atoms with Crippen LogP contribution in [0, 0.1) is 10.1 Å². The summed E-state index contributed by atoms with van der Waals surface area (Å²) < 4.78 is 4.94. The lowest BCUT2D eigenvalue weighted by Gasteiger charge is -2.03. The van der Waals surface area contributed by atoms with E-state index < -0.39 is 10.9 Å². The van der Waals surface area contributed by atoms with Crippen LogP contribution in [0.3, 0.4) is 0 Å². The molecule has 2 aromatic rings. The average Bonchev–Trinajstić information content (AvgIpc) is 2.88. The molecule has 0 spiro atoms. The largest absolute Gasteiger partial charge is 0.462 e. The number of nitro benzene ring substituents is 1. The van der Waals surface area contributed by atoms with Crippen molar-refractivity contribution in [2.45, 2.75) is 6.92 Å². The van der Waals surface area contributed by atoms with Gasteiger partial charge in [-0.2, -0.15) is 0 Å². The van der Waals surface area contributed by atoms with Crippen LogP contribution in [0.25, 0.3) is 11.1 Å². The summed E-state index contributed by atoms with van der Waals surface area (Å²) in [6.45, 7) is 2.03. The number of H-pyrrole nitrogens is 1. The first-order chi connectivity index (χ1) is 9.13. The number of aromatic amines is 1. The van der Waals surface area contributed by atoms with Crippen LogP contribution in [0.5, 0.6) is 0 Å². The zero-order valence-corrected chi connectivity index (χ0v) is 10.3. The van der Waals surface area contributed by atoms with Gasteiger partial charge in [-0.1, -0.05) is 0 Å². The number of esters is 1. The van der Waals surface area contributed by atoms with E-state index in [0.717, 1.165) is 5.56 Å². The van der Waals surface area contributed by atoms with E-state index in [0.29, 0.717) is 17.7 Å². The van der Waals surface area contributed by atoms with E-state index in [-0.39, 0.29) is 5.69 Å². The molecule has 98 valence electrons. The molecule has 0 atom stereocenters. The predicted octanol–water partition coefficient (Wildman–Crippen LogP) is 2.77. The van der Waals surface area contributed by atoms with Gasteiger partial charge in [0.25, 0.3) is 5.69 Å². The molecule has 2 rings (SSSR count). The highest BCUT2D eigenvalue weighted by atomic mass is 16.6. The average molecular weight is 260 g/mol. The summed E-state index contributed by atoms with van der Waals surface area (Å²) in [6, 6.07) is 6.00. The van der Waals surface area contributed by atoms with Crippen LogP contribution < -0.4 is 0 Å². The van der Waals surface area contributed by atoms with Gasteiger partial charge in [0, 0.05) is 30.1 Å². The van der Waals surface area contributed by atoms with E-state index in [1.165, 1.54) is 12.1 Å². The van der Waals surface area contributed by atoms with Crippen molar-refractivity contribution in [1.29, 1.82) is 0 Å². The zero-order valence-electron chi connectivity index (χ0n) is 10.3. The number of carbonyl (C=O) groups excluding carboxylic acids is 1. The second kappa shape index (κ2) is 5.34. The minimum Gasteiger partial charge on any atom is -0.462 e. The van der Waals surface area contributed by atoms with Crippen molar-refractivity contribution in [3.8, 4) is 11.1 Å². The van der Waals surface area contributed by atoms with Crippen molar-refractivity contribution in [2.24, 2.45) is 0 Å². The smallest absolute Gasteiger partial charge is 0.340 e. The van der Waals surface area contributed by atoms with Crippen molar-refractivity contribution in [3.05, 3.63) is 52.3 Å². The van der Waals surface area contributed by atoms with Gasteiger partial charge in [0.15, 0.2) is 0 Å². The number of hydrogen-bond donors (Lipinski definition) is 1. The van der Waals surface area contributed by atoms with Gasteiger partial charge in [-0.15, -0.1) is 0 Å². The Hall–Kier alpha value is -2.63. The van der Waals surface area contributed by atoms with Crippen LogP contribution in [0.1, 0.15) is 17.3 Å². The summed E-state index contributed by atoms with van der Waals surface area (Å²) in [5.74, 6) is -0.419. The fraction of sp³-hybridized carbons (Fsp3) is 0.154. The number of benzene rings is 1. The number of carbonyl (C=O) groups is 1. The Labute approximate surface area is 109 Å². The second-order valence-corrected chi connectivity index (χ2v) is 3.81. The minimum absolute atomic E-state index is 0.0111. The summed E-state index contributed by atoms with van der Waals surface area (Å²) in [4.78, 5) is 24.7. The van der Waals surface area contributed by atoms with Gasteiger partial charge in [0.1, 0.15) is 0 Å². The Morgan fingerprint density at radius 3 is 2.58 bits per heavy atom. The number of nitro groups is 1. The molecule has 1 heterocycles. The molecule has 0 aliphatic heterocycles. The van der Waals surface area contributed by atoms with E-state index in [2.05, 4.69) is 4.98 Å². The monoisotopic (exact) mass is 260 g/mol. The fourth-order valence-electron chi connectivity index (χ4n) is 1.74. The standard InChI is InChI=1S/C13H12N2O4/c1-2-19-13(16)12-8-14-7-11(12)9-3-5-10(6-4-9)15(17)18/h3-8,14H,2H2,1H3. The van der Waals surface area contributed by atoms with Gasteiger partial charge in [-0.3, -0.25) is 10.1 Å². The second-order valence-electron chi connectivity index (χ2n) is 3.81. The Kier molecular flexibility index (Phi) is 3.61. The maximum atomic E-state index is 11.7. The van der Waals surface area contributed by atoms with E-state index in [1.54, 1.807) is 31.5 Å². The highest BCUT2D eigenvalue weighted by molar-refractivity contribution is 5.97. The third-order valence-corrected chi connectivity index (χ3v) is 2.63. The van der Waals surface area contributed by atoms with Crippen LogP contribution in [0.4, 0.5) is 5.69 Å². The lowest BCUT2D eigenvalue weighted by Crippen LogP contribution is -2.04. The summed E-state index contributed by atoms with van der Waals surface area (Å²) in [7, 11) is 0. The molecule has 19 heavy (non-hydrogen) atoms. The lowest BCUT2D eigenvalue weighted by molar-refractivity contribution is -0.384. The summed E-state index contributed by atoms with van der Waals surface area (Å²) in [6.07, 6.45) is 3.21. The number of nitrogens with one attached hydrogen (secondary N) is 1. The molecule has 6 nitrogen and oxygen atoms in total. The first-order valence-electron chi connectivity index (χ1n) is 5.72. The number of ether oxygens (including phenoxy) is 1. The molecule has 0 bridgehead atoms. The molecule has 1 aromatic carbocycles. The quantitative estimate of drug-likeness (QED) is 0.520. The van der Waals surface area contributed by atoms with E-state index >= 15 is 0 Å². The molecular weight excluding hydrogens is 248 g/mol. The van der Waals surface area contributed by atoms with Crippen molar-refractivity contribution in [2.75, 3.05) is 6.61 Å². The van der Waals surface area contributed by atoms with Crippen molar-refractivity contribution in [1.82, 2.24) is 4.98 Å². The van der Waals surface area contributed by atoms with Crippen LogP contribution in [-0.2, 0) is 4.74 Å². The van der Waals surface area contributed by atoms with Gasteiger partial charge in [-0.05, 0) is 24.6 Å². The van der Waals surface area contributed by atoms with E-state index in [4.69, 9.17) is 4.74 Å². The van der Waals surface area contributed by atoms with Crippen LogP contribution in [0.15, 0.2) is 36.7 Å². The summed E-state index contributed by atoms with van der Waals surface area (Å²) in [5.41, 5.74) is 1.80. The van der Waals surface area contributed by atoms with Crippen LogP contribution in [0.2, 0.25) is 0 Å². The maximum absolute atomic E-state index is 11.7. The topological polar surface area (TPSA) is 85.2 Å². The Bertz CT molecular complexity index is 601. The van der Waals surface area contributed by atoms with Crippen molar-refractivity contribution >= 4 is 11.7 Å². The molecule has 0 aliphatic rings. The highest BCUT2D eigenvalue weighted by Gasteiger charge is 2.15. The number of aromatic nitrogens is 1. The zero-order chi connectivity index (χ0) is 13.8. The minimum atomic E-state index is -0.465. The molecule has 0 amide bonds. The summed E-state index contributed by atoms with van der Waals surface area (Å²) in [5, 5.41) is 10.6. The molecule has 0 aliphatic carbocycles. The highest BCUT2D eigenvalue weighted by Crippen LogP contribution is 2.26. The third kappa shape index (κ3) is 2.62. The predicted molar refractivity (Wildman–Crippen MR) is 68.8 cm³/mol. The first kappa shape index (κ1) is 12.8. The molecule has 0 unspecified atom stereocenters. The normalized spacial score (nSPS) is 10.2. The van der Waals surface area contributed by atoms with Crippen LogP contribution in [-0.4, -0.2) is 22.5 Å². The van der Waals surface area contributed by atoms with Crippen LogP contribution >= 0.6 is 0 Å². The molecule has 1 N–H and O–H groups in total. The van der Waals surface area contributed by atoms with Gasteiger partial charge in [-0.25, -0.2) is 4.79 Å². The Morgan fingerprint density at radius 1 is 1.32 bits per heavy atom. The lowest BCUT2D eigenvalue weighted by atomic mass is 10.0. The summed E-state index contributed by atoms with van der Waals surface area (Å²) >= 11 is 0. The van der Waals surface area contributed by atoms with Gasteiger partial charge in [0.2, 0.25) is 0 Å².